The van der Waals surface area contributed by atoms with Gasteiger partial charge in [-0.2, -0.15) is 0 Å². The molecule has 9 heteroatoms. The molecule has 2 heterocycles. The predicted octanol–water partition coefficient (Wildman–Crippen LogP) is 4.80. The number of non-ortho nitro benzene ring substituents is 1. The maximum Gasteiger partial charge on any atom is 0.271 e. The van der Waals surface area contributed by atoms with Crippen LogP contribution in [0.5, 0.6) is 11.5 Å². The molecule has 1 aromatic heterocycles. The SMILES string of the molecule is O=c1c2cc(I)ccc2nc(C=Cc2ccc3c(c2)OCO3)n1-c1cccc([N+](=O)[O-])c1. The van der Waals surface area contributed by atoms with Gasteiger partial charge in [0, 0.05) is 15.7 Å². The smallest absolute Gasteiger partial charge is 0.271 e. The Morgan fingerprint density at radius 2 is 1.88 bits per heavy atom. The van der Waals surface area contributed by atoms with E-state index in [1.807, 2.05) is 24.3 Å². The lowest BCUT2D eigenvalue weighted by molar-refractivity contribution is -0.384. The Labute approximate surface area is 195 Å². The van der Waals surface area contributed by atoms with Gasteiger partial charge in [0.15, 0.2) is 11.5 Å². The van der Waals surface area contributed by atoms with Gasteiger partial charge in [-0.1, -0.05) is 18.2 Å². The van der Waals surface area contributed by atoms with Crippen molar-refractivity contribution in [1.82, 2.24) is 9.55 Å². The molecular formula is C23H14IN3O5. The minimum Gasteiger partial charge on any atom is -0.454 e. The minimum atomic E-state index is -0.492. The molecule has 8 nitrogen and oxygen atoms in total. The predicted molar refractivity (Wildman–Crippen MR) is 128 cm³/mol. The molecule has 0 saturated heterocycles. The van der Waals surface area contributed by atoms with E-state index in [4.69, 9.17) is 9.47 Å². The number of hydrogen-bond acceptors (Lipinski definition) is 6. The summed E-state index contributed by atoms with van der Waals surface area (Å²) >= 11 is 2.13. The number of aromatic nitrogens is 2. The summed E-state index contributed by atoms with van der Waals surface area (Å²) in [5, 5.41) is 11.7. The Morgan fingerprint density at radius 1 is 1.03 bits per heavy atom. The molecule has 0 radical (unpaired) electrons. The van der Waals surface area contributed by atoms with E-state index in [2.05, 4.69) is 27.6 Å². The van der Waals surface area contributed by atoms with Crippen LogP contribution in [0.3, 0.4) is 0 Å². The zero-order chi connectivity index (χ0) is 22.2. The summed E-state index contributed by atoms with van der Waals surface area (Å²) < 4.78 is 13.0. The third-order valence-electron chi connectivity index (χ3n) is 4.98. The number of fused-ring (bicyclic) bond motifs is 2. The average Bonchev–Trinajstić information content (AvgIpc) is 3.26. The monoisotopic (exact) mass is 539 g/mol. The van der Waals surface area contributed by atoms with Crippen molar-refractivity contribution in [2.45, 2.75) is 0 Å². The maximum atomic E-state index is 13.4. The van der Waals surface area contributed by atoms with E-state index >= 15 is 0 Å². The highest BCUT2D eigenvalue weighted by atomic mass is 127. The first-order valence-electron chi connectivity index (χ1n) is 9.54. The van der Waals surface area contributed by atoms with Crippen LogP contribution in [0.1, 0.15) is 11.4 Å². The lowest BCUT2D eigenvalue weighted by Gasteiger charge is -2.11. The molecule has 1 aliphatic heterocycles. The number of rotatable bonds is 4. The van der Waals surface area contributed by atoms with E-state index in [1.165, 1.54) is 16.7 Å². The van der Waals surface area contributed by atoms with Crippen molar-refractivity contribution in [3.05, 3.63) is 96.1 Å². The van der Waals surface area contributed by atoms with E-state index < -0.39 is 4.92 Å². The summed E-state index contributed by atoms with van der Waals surface area (Å²) in [6.07, 6.45) is 3.51. The van der Waals surface area contributed by atoms with Crippen molar-refractivity contribution < 1.29 is 14.4 Å². The largest absolute Gasteiger partial charge is 0.454 e. The third kappa shape index (κ3) is 3.71. The van der Waals surface area contributed by atoms with Gasteiger partial charge in [-0.3, -0.25) is 19.5 Å². The summed E-state index contributed by atoms with van der Waals surface area (Å²) in [4.78, 5) is 28.9. The van der Waals surface area contributed by atoms with Crippen LogP contribution in [0, 0.1) is 13.7 Å². The zero-order valence-electron chi connectivity index (χ0n) is 16.4. The number of benzene rings is 3. The number of hydrogen-bond donors (Lipinski definition) is 0. The van der Waals surface area contributed by atoms with E-state index in [-0.39, 0.29) is 18.0 Å². The first kappa shape index (κ1) is 20.2. The van der Waals surface area contributed by atoms with E-state index in [9.17, 15) is 14.9 Å². The molecule has 0 bridgehead atoms. The van der Waals surface area contributed by atoms with Gasteiger partial charge in [-0.25, -0.2) is 4.98 Å². The first-order chi connectivity index (χ1) is 15.5. The van der Waals surface area contributed by atoms with Crippen LogP contribution in [-0.2, 0) is 0 Å². The molecule has 0 unspecified atom stereocenters. The molecule has 0 spiro atoms. The number of nitro groups is 1. The molecule has 5 rings (SSSR count). The Hall–Kier alpha value is -3.73. The first-order valence-corrected chi connectivity index (χ1v) is 10.6. The molecule has 1 aliphatic rings. The van der Waals surface area contributed by atoms with Crippen LogP contribution < -0.4 is 15.0 Å². The van der Waals surface area contributed by atoms with Gasteiger partial charge >= 0.3 is 0 Å². The van der Waals surface area contributed by atoms with Crippen molar-refractivity contribution in [1.29, 1.82) is 0 Å². The highest BCUT2D eigenvalue weighted by Crippen LogP contribution is 2.33. The quantitative estimate of drug-likeness (QED) is 0.210. The number of nitro benzene ring substituents is 1. The molecule has 0 aliphatic carbocycles. The summed E-state index contributed by atoms with van der Waals surface area (Å²) in [7, 11) is 0. The fourth-order valence-corrected chi connectivity index (χ4v) is 3.96. The molecule has 158 valence electrons. The lowest BCUT2D eigenvalue weighted by atomic mass is 10.1. The standard InChI is InChI=1S/C23H14IN3O5/c24-15-6-7-19-18(11-15)23(28)26(16-2-1-3-17(12-16)27(29)30)22(25-19)9-5-14-4-8-20-21(10-14)32-13-31-20/h1-12H,13H2. The molecule has 0 amide bonds. The van der Waals surface area contributed by atoms with E-state index in [1.54, 1.807) is 36.4 Å². The highest BCUT2D eigenvalue weighted by molar-refractivity contribution is 14.1. The van der Waals surface area contributed by atoms with Gasteiger partial charge in [0.2, 0.25) is 6.79 Å². The van der Waals surface area contributed by atoms with E-state index in [0.29, 0.717) is 33.9 Å². The molecular weight excluding hydrogens is 525 g/mol. The summed E-state index contributed by atoms with van der Waals surface area (Å²) in [5.41, 5.74) is 1.32. The average molecular weight is 539 g/mol. The Balaban J connectivity index is 1.69. The summed E-state index contributed by atoms with van der Waals surface area (Å²) in [5.74, 6) is 1.67. The zero-order valence-corrected chi connectivity index (χ0v) is 18.6. The summed E-state index contributed by atoms with van der Waals surface area (Å²) in [6, 6.07) is 16.9. The van der Waals surface area contributed by atoms with Gasteiger partial charge in [-0.05, 0) is 70.6 Å². The second-order valence-corrected chi connectivity index (χ2v) is 8.24. The van der Waals surface area contributed by atoms with Gasteiger partial charge in [0.25, 0.3) is 11.2 Å². The lowest BCUT2D eigenvalue weighted by Crippen LogP contribution is -2.22. The maximum absolute atomic E-state index is 13.4. The van der Waals surface area contributed by atoms with E-state index in [0.717, 1.165) is 9.13 Å². The van der Waals surface area contributed by atoms with Gasteiger partial charge in [-0.15, -0.1) is 0 Å². The number of halogens is 1. The molecule has 0 N–H and O–H groups in total. The molecule has 32 heavy (non-hydrogen) atoms. The van der Waals surface area contributed by atoms with Crippen LogP contribution in [0.2, 0.25) is 0 Å². The van der Waals surface area contributed by atoms with Gasteiger partial charge in [0.05, 0.1) is 21.5 Å². The van der Waals surface area contributed by atoms with Gasteiger partial charge in [0.1, 0.15) is 5.82 Å². The topological polar surface area (TPSA) is 96.5 Å². The van der Waals surface area contributed by atoms with Crippen molar-refractivity contribution >= 4 is 51.3 Å². The minimum absolute atomic E-state index is 0.108. The Morgan fingerprint density at radius 3 is 2.72 bits per heavy atom. The van der Waals surface area contributed by atoms with Crippen LogP contribution in [0.25, 0.3) is 28.7 Å². The fraction of sp³-hybridized carbons (Fsp3) is 0.0435. The number of ether oxygens (including phenoxy) is 2. The summed E-state index contributed by atoms with van der Waals surface area (Å²) in [6.45, 7) is 0.180. The van der Waals surface area contributed by atoms with Crippen molar-refractivity contribution in [3.63, 3.8) is 0 Å². The van der Waals surface area contributed by atoms with Crippen LogP contribution in [-0.4, -0.2) is 21.3 Å². The van der Waals surface area contributed by atoms with Crippen molar-refractivity contribution in [2.24, 2.45) is 0 Å². The third-order valence-corrected chi connectivity index (χ3v) is 5.65. The normalized spacial score (nSPS) is 12.5. The Kier molecular flexibility index (Phi) is 5.10. The van der Waals surface area contributed by atoms with Crippen molar-refractivity contribution in [2.75, 3.05) is 6.79 Å². The van der Waals surface area contributed by atoms with Crippen molar-refractivity contribution in [3.8, 4) is 17.2 Å². The second-order valence-electron chi connectivity index (χ2n) is 7.00. The molecule has 0 saturated carbocycles. The fourth-order valence-electron chi connectivity index (χ4n) is 3.47. The molecule has 4 aromatic rings. The highest BCUT2D eigenvalue weighted by Gasteiger charge is 2.15. The second kappa shape index (κ2) is 8.08. The van der Waals surface area contributed by atoms with Crippen LogP contribution >= 0.6 is 22.6 Å². The molecule has 0 atom stereocenters. The van der Waals surface area contributed by atoms with Crippen LogP contribution in [0.15, 0.2) is 65.5 Å². The molecule has 3 aromatic carbocycles. The van der Waals surface area contributed by atoms with Crippen LogP contribution in [0.4, 0.5) is 5.69 Å². The van der Waals surface area contributed by atoms with Gasteiger partial charge < -0.3 is 9.47 Å². The Bertz CT molecular complexity index is 1480. The number of nitrogens with zero attached hydrogens (tertiary/aromatic N) is 3. The molecule has 0 fully saturated rings.